The molecule has 1 aliphatic rings. The van der Waals surface area contributed by atoms with E-state index in [2.05, 4.69) is 0 Å². The molecule has 1 atom stereocenters. The van der Waals surface area contributed by atoms with Crippen LogP contribution in [0.3, 0.4) is 0 Å². The third-order valence-electron chi connectivity index (χ3n) is 4.33. The molecule has 5 heteroatoms. The molecule has 0 saturated carbocycles. The first-order chi connectivity index (χ1) is 12.5. The molecule has 1 heterocycles. The highest BCUT2D eigenvalue weighted by Crippen LogP contribution is 2.27. The number of rotatable bonds is 6. The van der Waals surface area contributed by atoms with Gasteiger partial charge in [-0.25, -0.2) is 4.79 Å². The molecule has 0 aliphatic carbocycles. The van der Waals surface area contributed by atoms with Crippen LogP contribution in [0.4, 0.5) is 0 Å². The summed E-state index contributed by atoms with van der Waals surface area (Å²) in [4.78, 5) is 39.2. The van der Waals surface area contributed by atoms with Crippen LogP contribution in [0.5, 0.6) is 0 Å². The molecule has 0 fully saturated rings. The molecule has 134 valence electrons. The standard InChI is InChI=1S/C21H21NO4/c1-14(2)12-18(21(25)26-13-15-8-4-3-5-9-15)22-19(23)16-10-6-7-11-17(16)20(22)24/h3-11,14,18H,12-13H2,1-2H3/t18-/m1/s1. The van der Waals surface area contributed by atoms with Gasteiger partial charge in [-0.3, -0.25) is 14.5 Å². The molecule has 3 rings (SSSR count). The maximum atomic E-state index is 12.7. The lowest BCUT2D eigenvalue weighted by Crippen LogP contribution is -2.46. The fraction of sp³-hybridized carbons (Fsp3) is 0.286. The van der Waals surface area contributed by atoms with Crippen LogP contribution in [0.2, 0.25) is 0 Å². The molecule has 2 aromatic carbocycles. The fourth-order valence-electron chi connectivity index (χ4n) is 3.07. The summed E-state index contributed by atoms with van der Waals surface area (Å²) in [5, 5.41) is 0. The zero-order chi connectivity index (χ0) is 18.7. The zero-order valence-corrected chi connectivity index (χ0v) is 14.8. The van der Waals surface area contributed by atoms with Crippen LogP contribution in [-0.2, 0) is 16.1 Å². The van der Waals surface area contributed by atoms with Crippen molar-refractivity contribution in [1.82, 2.24) is 4.90 Å². The number of benzene rings is 2. The second-order valence-corrected chi connectivity index (χ2v) is 6.76. The maximum Gasteiger partial charge on any atom is 0.329 e. The predicted octanol–water partition coefficient (Wildman–Crippen LogP) is 3.44. The van der Waals surface area contributed by atoms with Crippen LogP contribution in [0.25, 0.3) is 0 Å². The molecule has 0 radical (unpaired) electrons. The van der Waals surface area contributed by atoms with E-state index in [0.717, 1.165) is 10.5 Å². The summed E-state index contributed by atoms with van der Waals surface area (Å²) in [6.07, 6.45) is 0.360. The second kappa shape index (κ2) is 7.52. The van der Waals surface area contributed by atoms with Gasteiger partial charge in [0.1, 0.15) is 12.6 Å². The van der Waals surface area contributed by atoms with E-state index in [1.165, 1.54) is 0 Å². The number of nitrogens with zero attached hydrogens (tertiary/aromatic N) is 1. The smallest absolute Gasteiger partial charge is 0.329 e. The molecule has 1 aliphatic heterocycles. The van der Waals surface area contributed by atoms with Gasteiger partial charge in [-0.15, -0.1) is 0 Å². The molecule has 0 unspecified atom stereocenters. The molecular weight excluding hydrogens is 330 g/mol. The highest BCUT2D eigenvalue weighted by molar-refractivity contribution is 6.22. The molecule has 5 nitrogen and oxygen atoms in total. The van der Waals surface area contributed by atoms with Crippen LogP contribution in [0.15, 0.2) is 54.6 Å². The van der Waals surface area contributed by atoms with E-state index < -0.39 is 23.8 Å². The normalized spacial score (nSPS) is 14.5. The zero-order valence-electron chi connectivity index (χ0n) is 14.8. The van der Waals surface area contributed by atoms with Crippen LogP contribution in [-0.4, -0.2) is 28.7 Å². The third-order valence-corrected chi connectivity index (χ3v) is 4.33. The summed E-state index contributed by atoms with van der Waals surface area (Å²) in [5.74, 6) is -1.31. The van der Waals surface area contributed by atoms with E-state index in [9.17, 15) is 14.4 Å². The van der Waals surface area contributed by atoms with Crippen LogP contribution >= 0.6 is 0 Å². The summed E-state index contributed by atoms with van der Waals surface area (Å²) < 4.78 is 5.41. The summed E-state index contributed by atoms with van der Waals surface area (Å²) in [6.45, 7) is 3.99. The molecule has 0 bridgehead atoms. The number of hydrogen-bond donors (Lipinski definition) is 0. The molecule has 2 aromatic rings. The van der Waals surface area contributed by atoms with Gasteiger partial charge in [0.25, 0.3) is 11.8 Å². The highest BCUT2D eigenvalue weighted by Gasteiger charge is 2.43. The van der Waals surface area contributed by atoms with Crippen molar-refractivity contribution in [1.29, 1.82) is 0 Å². The van der Waals surface area contributed by atoms with Gasteiger partial charge in [0, 0.05) is 0 Å². The third kappa shape index (κ3) is 3.52. The number of esters is 1. The Hall–Kier alpha value is -2.95. The van der Waals surface area contributed by atoms with Gasteiger partial charge in [-0.05, 0) is 30.0 Å². The Balaban J connectivity index is 1.81. The highest BCUT2D eigenvalue weighted by atomic mass is 16.5. The Labute approximate surface area is 152 Å². The first kappa shape index (κ1) is 17.9. The quantitative estimate of drug-likeness (QED) is 0.591. The van der Waals surface area contributed by atoms with Crippen molar-refractivity contribution < 1.29 is 19.1 Å². The Morgan fingerprint density at radius 2 is 1.46 bits per heavy atom. The summed E-state index contributed by atoms with van der Waals surface area (Å²) in [5.41, 5.74) is 1.52. The number of fused-ring (bicyclic) bond motifs is 1. The number of imide groups is 1. The van der Waals surface area contributed by atoms with Crippen molar-refractivity contribution >= 4 is 17.8 Å². The van der Waals surface area contributed by atoms with Gasteiger partial charge in [0.2, 0.25) is 0 Å². The Morgan fingerprint density at radius 3 is 2.00 bits per heavy atom. The summed E-state index contributed by atoms with van der Waals surface area (Å²) in [6, 6.07) is 15.0. The lowest BCUT2D eigenvalue weighted by atomic mass is 10.0. The molecule has 0 N–H and O–H groups in total. The average Bonchev–Trinajstić information content (AvgIpc) is 2.90. The summed E-state index contributed by atoms with van der Waals surface area (Å²) >= 11 is 0. The van der Waals surface area contributed by atoms with E-state index >= 15 is 0 Å². The molecule has 2 amide bonds. The van der Waals surface area contributed by atoms with Gasteiger partial charge in [0.05, 0.1) is 11.1 Å². The molecule has 0 aromatic heterocycles. The van der Waals surface area contributed by atoms with Crippen LogP contribution < -0.4 is 0 Å². The predicted molar refractivity (Wildman–Crippen MR) is 96.4 cm³/mol. The molecule has 26 heavy (non-hydrogen) atoms. The number of ether oxygens (including phenoxy) is 1. The molecular formula is C21H21NO4. The van der Waals surface area contributed by atoms with Crippen molar-refractivity contribution in [3.8, 4) is 0 Å². The fourth-order valence-corrected chi connectivity index (χ4v) is 3.07. The Kier molecular flexibility index (Phi) is 5.16. The minimum Gasteiger partial charge on any atom is -0.459 e. The SMILES string of the molecule is CC(C)C[C@H](C(=O)OCc1ccccc1)N1C(=O)c2ccccc2C1=O. The van der Waals surface area contributed by atoms with E-state index in [1.807, 2.05) is 44.2 Å². The number of amides is 2. The topological polar surface area (TPSA) is 63.7 Å². The van der Waals surface area contributed by atoms with E-state index in [-0.39, 0.29) is 12.5 Å². The number of hydrogen-bond acceptors (Lipinski definition) is 4. The van der Waals surface area contributed by atoms with Crippen molar-refractivity contribution in [2.75, 3.05) is 0 Å². The first-order valence-corrected chi connectivity index (χ1v) is 8.66. The summed E-state index contributed by atoms with van der Waals surface area (Å²) in [7, 11) is 0. The monoisotopic (exact) mass is 351 g/mol. The van der Waals surface area contributed by atoms with E-state index in [0.29, 0.717) is 17.5 Å². The lowest BCUT2D eigenvalue weighted by molar-refractivity contribution is -0.150. The Morgan fingerprint density at radius 1 is 0.923 bits per heavy atom. The van der Waals surface area contributed by atoms with Crippen molar-refractivity contribution in [3.05, 3.63) is 71.3 Å². The van der Waals surface area contributed by atoms with Crippen molar-refractivity contribution in [2.24, 2.45) is 5.92 Å². The Bertz CT molecular complexity index is 794. The second-order valence-electron chi connectivity index (χ2n) is 6.76. The van der Waals surface area contributed by atoms with Gasteiger partial charge >= 0.3 is 5.97 Å². The van der Waals surface area contributed by atoms with Gasteiger partial charge in [-0.2, -0.15) is 0 Å². The molecule has 0 spiro atoms. The van der Waals surface area contributed by atoms with E-state index in [4.69, 9.17) is 4.74 Å². The van der Waals surface area contributed by atoms with Crippen molar-refractivity contribution in [2.45, 2.75) is 32.9 Å². The van der Waals surface area contributed by atoms with Crippen molar-refractivity contribution in [3.63, 3.8) is 0 Å². The van der Waals surface area contributed by atoms with Crippen LogP contribution in [0.1, 0.15) is 46.5 Å². The largest absolute Gasteiger partial charge is 0.459 e. The molecule has 0 saturated heterocycles. The average molecular weight is 351 g/mol. The minimum absolute atomic E-state index is 0.109. The van der Waals surface area contributed by atoms with Gasteiger partial charge in [0.15, 0.2) is 0 Å². The minimum atomic E-state index is -0.925. The maximum absolute atomic E-state index is 12.7. The number of carbonyl (C=O) groups is 3. The lowest BCUT2D eigenvalue weighted by Gasteiger charge is -2.26. The van der Waals surface area contributed by atoms with Gasteiger partial charge in [-0.1, -0.05) is 56.3 Å². The van der Waals surface area contributed by atoms with Crippen LogP contribution in [0, 0.1) is 5.92 Å². The van der Waals surface area contributed by atoms with E-state index in [1.54, 1.807) is 24.3 Å². The van der Waals surface area contributed by atoms with Gasteiger partial charge < -0.3 is 4.74 Å². The first-order valence-electron chi connectivity index (χ1n) is 8.66. The number of carbonyl (C=O) groups excluding carboxylic acids is 3.